The first-order valence-electron chi connectivity index (χ1n) is 7.55. The molecule has 0 saturated heterocycles. The molecule has 2 unspecified atom stereocenters. The average molecular weight is 264 g/mol. The standard InChI is InChI=1S/C17H28O2/c1-3-5-6-7-8-10-14-17(19)15-12-9-11-13-16(18)4-2/h16-19H,3-8,10,14-15H2,1-2H3. The number of hydrogen-bond acceptors (Lipinski definition) is 2. The lowest BCUT2D eigenvalue weighted by Gasteiger charge is -2.05. The van der Waals surface area contributed by atoms with Gasteiger partial charge in [-0.2, -0.15) is 0 Å². The van der Waals surface area contributed by atoms with E-state index in [-0.39, 0.29) is 6.10 Å². The minimum atomic E-state index is -0.581. The highest BCUT2D eigenvalue weighted by Crippen LogP contribution is 2.09. The molecule has 0 radical (unpaired) electrons. The van der Waals surface area contributed by atoms with Gasteiger partial charge in [-0.3, -0.25) is 0 Å². The number of aliphatic hydroxyl groups excluding tert-OH is 2. The van der Waals surface area contributed by atoms with Gasteiger partial charge in [-0.1, -0.05) is 64.2 Å². The number of unbranched alkanes of at least 4 members (excludes halogenated alkanes) is 5. The lowest BCUT2D eigenvalue weighted by atomic mass is 10.1. The Balaban J connectivity index is 3.55. The lowest BCUT2D eigenvalue weighted by Crippen LogP contribution is -2.04. The summed E-state index contributed by atoms with van der Waals surface area (Å²) < 4.78 is 0. The van der Waals surface area contributed by atoms with Crippen LogP contribution < -0.4 is 0 Å². The van der Waals surface area contributed by atoms with Crippen LogP contribution in [0.1, 0.15) is 71.6 Å². The molecule has 2 N–H and O–H groups in total. The van der Waals surface area contributed by atoms with Gasteiger partial charge < -0.3 is 10.2 Å². The van der Waals surface area contributed by atoms with Crippen LogP contribution in [0.4, 0.5) is 0 Å². The van der Waals surface area contributed by atoms with Crippen LogP contribution in [0.5, 0.6) is 0 Å². The van der Waals surface area contributed by atoms with Crippen LogP contribution in [-0.4, -0.2) is 22.4 Å². The minimum absolute atomic E-state index is 0.337. The zero-order chi connectivity index (χ0) is 14.3. The Morgan fingerprint density at radius 3 is 2.26 bits per heavy atom. The Labute approximate surface area is 118 Å². The summed E-state index contributed by atoms with van der Waals surface area (Å²) in [7, 11) is 0. The third-order valence-corrected chi connectivity index (χ3v) is 3.00. The van der Waals surface area contributed by atoms with Crippen molar-refractivity contribution in [1.82, 2.24) is 0 Å². The fraction of sp³-hybridized carbons (Fsp3) is 0.765. The topological polar surface area (TPSA) is 40.5 Å². The van der Waals surface area contributed by atoms with E-state index in [1.807, 2.05) is 6.92 Å². The Kier molecular flexibility index (Phi) is 12.8. The molecule has 0 heterocycles. The first-order valence-corrected chi connectivity index (χ1v) is 7.55. The third-order valence-electron chi connectivity index (χ3n) is 3.00. The van der Waals surface area contributed by atoms with E-state index in [0.717, 1.165) is 12.8 Å². The highest BCUT2D eigenvalue weighted by molar-refractivity contribution is 5.27. The van der Waals surface area contributed by atoms with Crippen molar-refractivity contribution in [3.63, 3.8) is 0 Å². The van der Waals surface area contributed by atoms with Crippen LogP contribution in [0, 0.1) is 23.7 Å². The number of rotatable bonds is 9. The van der Waals surface area contributed by atoms with Gasteiger partial charge in [0.1, 0.15) is 6.10 Å². The molecule has 0 aliphatic heterocycles. The van der Waals surface area contributed by atoms with Crippen LogP contribution in [0.3, 0.4) is 0 Å². The fourth-order valence-corrected chi connectivity index (χ4v) is 1.70. The SMILES string of the molecule is CCCCCCCCC(O)CC#CC#CC(O)CC. The van der Waals surface area contributed by atoms with Crippen LogP contribution in [0.15, 0.2) is 0 Å². The average Bonchev–Trinajstić information content (AvgIpc) is 2.42. The molecule has 0 aromatic rings. The summed E-state index contributed by atoms with van der Waals surface area (Å²) in [6, 6.07) is 0. The van der Waals surface area contributed by atoms with Gasteiger partial charge in [-0.25, -0.2) is 0 Å². The zero-order valence-electron chi connectivity index (χ0n) is 12.4. The number of aliphatic hydroxyl groups is 2. The third kappa shape index (κ3) is 13.3. The predicted octanol–water partition coefficient (Wildman–Crippen LogP) is 3.27. The van der Waals surface area contributed by atoms with Crippen molar-refractivity contribution in [3.8, 4) is 23.7 Å². The smallest absolute Gasteiger partial charge is 0.115 e. The molecule has 0 aromatic heterocycles. The van der Waals surface area contributed by atoms with Crippen molar-refractivity contribution in [1.29, 1.82) is 0 Å². The van der Waals surface area contributed by atoms with E-state index in [2.05, 4.69) is 30.6 Å². The summed E-state index contributed by atoms with van der Waals surface area (Å²) in [5.74, 6) is 10.7. The maximum absolute atomic E-state index is 9.71. The molecule has 0 rings (SSSR count). The quantitative estimate of drug-likeness (QED) is 0.495. The second-order valence-corrected chi connectivity index (χ2v) is 4.91. The van der Waals surface area contributed by atoms with Crippen LogP contribution >= 0.6 is 0 Å². The van der Waals surface area contributed by atoms with Gasteiger partial charge in [0, 0.05) is 6.42 Å². The van der Waals surface area contributed by atoms with Gasteiger partial charge >= 0.3 is 0 Å². The van der Waals surface area contributed by atoms with E-state index in [4.69, 9.17) is 0 Å². The number of hydrogen-bond donors (Lipinski definition) is 2. The molecule has 108 valence electrons. The van der Waals surface area contributed by atoms with Crippen molar-refractivity contribution in [2.24, 2.45) is 0 Å². The van der Waals surface area contributed by atoms with Crippen LogP contribution in [-0.2, 0) is 0 Å². The van der Waals surface area contributed by atoms with E-state index in [0.29, 0.717) is 12.8 Å². The predicted molar refractivity (Wildman–Crippen MR) is 80.5 cm³/mol. The highest BCUT2D eigenvalue weighted by Gasteiger charge is 2.01. The van der Waals surface area contributed by atoms with Crippen molar-refractivity contribution < 1.29 is 10.2 Å². The minimum Gasteiger partial charge on any atom is -0.392 e. The van der Waals surface area contributed by atoms with E-state index < -0.39 is 6.10 Å². The van der Waals surface area contributed by atoms with Gasteiger partial charge in [-0.05, 0) is 24.7 Å². The molecule has 2 heteroatoms. The fourth-order valence-electron chi connectivity index (χ4n) is 1.70. The van der Waals surface area contributed by atoms with Gasteiger partial charge in [0.25, 0.3) is 0 Å². The molecule has 0 spiro atoms. The summed E-state index contributed by atoms with van der Waals surface area (Å²) >= 11 is 0. The molecule has 0 amide bonds. The maximum atomic E-state index is 9.71. The van der Waals surface area contributed by atoms with Crippen LogP contribution in [0.25, 0.3) is 0 Å². The highest BCUT2D eigenvalue weighted by atomic mass is 16.3. The van der Waals surface area contributed by atoms with E-state index in [1.54, 1.807) is 0 Å². The zero-order valence-corrected chi connectivity index (χ0v) is 12.4. The summed E-state index contributed by atoms with van der Waals surface area (Å²) in [6.45, 7) is 4.09. The molecular weight excluding hydrogens is 236 g/mol. The second-order valence-electron chi connectivity index (χ2n) is 4.91. The summed E-state index contributed by atoms with van der Waals surface area (Å²) in [5, 5.41) is 18.9. The van der Waals surface area contributed by atoms with E-state index in [9.17, 15) is 10.2 Å². The molecule has 19 heavy (non-hydrogen) atoms. The molecule has 2 atom stereocenters. The Hall–Kier alpha value is -0.960. The summed E-state index contributed by atoms with van der Waals surface area (Å²) in [5.41, 5.74) is 0. The van der Waals surface area contributed by atoms with E-state index in [1.165, 1.54) is 32.1 Å². The molecule has 0 aliphatic carbocycles. The second kappa shape index (κ2) is 13.5. The molecule has 2 nitrogen and oxygen atoms in total. The van der Waals surface area contributed by atoms with Gasteiger partial charge in [-0.15, -0.1) is 0 Å². The molecule has 0 fully saturated rings. The van der Waals surface area contributed by atoms with Crippen molar-refractivity contribution in [2.75, 3.05) is 0 Å². The largest absolute Gasteiger partial charge is 0.392 e. The van der Waals surface area contributed by atoms with Crippen molar-refractivity contribution in [2.45, 2.75) is 83.8 Å². The monoisotopic (exact) mass is 264 g/mol. The lowest BCUT2D eigenvalue weighted by molar-refractivity contribution is 0.166. The molecule has 0 saturated carbocycles. The summed E-state index contributed by atoms with van der Waals surface area (Å²) in [4.78, 5) is 0. The van der Waals surface area contributed by atoms with Gasteiger partial charge in [0.05, 0.1) is 6.10 Å². The van der Waals surface area contributed by atoms with E-state index >= 15 is 0 Å². The maximum Gasteiger partial charge on any atom is 0.115 e. The first-order chi connectivity index (χ1) is 9.20. The normalized spacial score (nSPS) is 12.8. The van der Waals surface area contributed by atoms with Crippen molar-refractivity contribution >= 4 is 0 Å². The van der Waals surface area contributed by atoms with Gasteiger partial charge in [0.15, 0.2) is 0 Å². The Morgan fingerprint density at radius 2 is 1.58 bits per heavy atom. The molecular formula is C17H28O2. The first kappa shape index (κ1) is 18.0. The Morgan fingerprint density at radius 1 is 0.895 bits per heavy atom. The Bertz CT molecular complexity index is 314. The molecule has 0 bridgehead atoms. The summed E-state index contributed by atoms with van der Waals surface area (Å²) in [6.07, 6.45) is 8.45. The van der Waals surface area contributed by atoms with Crippen LogP contribution in [0.2, 0.25) is 0 Å². The van der Waals surface area contributed by atoms with Crippen molar-refractivity contribution in [3.05, 3.63) is 0 Å². The molecule has 0 aromatic carbocycles. The molecule has 0 aliphatic rings. The van der Waals surface area contributed by atoms with Gasteiger partial charge in [0.2, 0.25) is 0 Å².